The van der Waals surface area contributed by atoms with Gasteiger partial charge in [-0.1, -0.05) is 0 Å². The lowest BCUT2D eigenvalue weighted by molar-refractivity contribution is -0.384. The average Bonchev–Trinajstić information content (AvgIpc) is 2.33. The molecule has 2 rings (SSSR count). The van der Waals surface area contributed by atoms with Crippen LogP contribution in [0.5, 0.6) is 0 Å². The molecule has 5 N–H and O–H groups in total. The zero-order valence-corrected chi connectivity index (χ0v) is 10.4. The summed E-state index contributed by atoms with van der Waals surface area (Å²) in [6, 6.07) is 3.99. The molecule has 102 valence electrons. The molecular formula is C12H16N4O3. The van der Waals surface area contributed by atoms with Gasteiger partial charge in [-0.3, -0.25) is 14.9 Å². The van der Waals surface area contributed by atoms with E-state index in [1.165, 1.54) is 18.2 Å². The van der Waals surface area contributed by atoms with Crippen molar-refractivity contribution in [3.8, 4) is 0 Å². The third-order valence-corrected chi connectivity index (χ3v) is 3.46. The molecule has 0 atom stereocenters. The number of nitro benzene ring substituents is 1. The molecule has 0 aliphatic heterocycles. The van der Waals surface area contributed by atoms with Gasteiger partial charge in [-0.05, 0) is 25.3 Å². The van der Waals surface area contributed by atoms with Gasteiger partial charge >= 0.3 is 0 Å². The van der Waals surface area contributed by atoms with Crippen molar-refractivity contribution in [1.82, 2.24) is 0 Å². The number of anilines is 1. The van der Waals surface area contributed by atoms with Crippen LogP contribution >= 0.6 is 0 Å². The highest BCUT2D eigenvalue weighted by atomic mass is 16.6. The first-order valence-electron chi connectivity index (χ1n) is 6.02. The normalized spacial score (nSPS) is 16.5. The molecule has 0 saturated heterocycles. The number of hydrogen-bond donors (Lipinski definition) is 3. The van der Waals surface area contributed by atoms with E-state index >= 15 is 0 Å². The molecule has 0 heterocycles. The number of nitro groups is 1. The Kier molecular flexibility index (Phi) is 3.39. The maximum atomic E-state index is 11.3. The second-order valence-corrected chi connectivity index (χ2v) is 4.92. The molecule has 1 aliphatic carbocycles. The smallest absolute Gasteiger partial charge is 0.270 e. The molecule has 1 aromatic rings. The molecule has 7 nitrogen and oxygen atoms in total. The van der Waals surface area contributed by atoms with Crippen LogP contribution in [-0.4, -0.2) is 22.9 Å². The second kappa shape index (κ2) is 4.85. The SMILES string of the molecule is NC(=O)c1cc([N+](=O)[O-])ccc1NCC1(N)CCC1. The number of hydrogen-bond acceptors (Lipinski definition) is 5. The van der Waals surface area contributed by atoms with E-state index in [2.05, 4.69) is 5.32 Å². The van der Waals surface area contributed by atoms with Crippen molar-refractivity contribution in [2.45, 2.75) is 24.8 Å². The minimum atomic E-state index is -0.703. The molecule has 1 amide bonds. The highest BCUT2D eigenvalue weighted by molar-refractivity contribution is 5.99. The molecule has 0 spiro atoms. The van der Waals surface area contributed by atoms with Crippen molar-refractivity contribution < 1.29 is 9.72 Å². The number of primary amides is 1. The van der Waals surface area contributed by atoms with E-state index < -0.39 is 10.8 Å². The summed E-state index contributed by atoms with van der Waals surface area (Å²) >= 11 is 0. The van der Waals surface area contributed by atoms with Gasteiger partial charge in [0.2, 0.25) is 0 Å². The maximum absolute atomic E-state index is 11.3. The van der Waals surface area contributed by atoms with Crippen LogP contribution in [0, 0.1) is 10.1 Å². The van der Waals surface area contributed by atoms with Crippen LogP contribution in [0.1, 0.15) is 29.6 Å². The zero-order valence-electron chi connectivity index (χ0n) is 10.4. The number of non-ortho nitro benzene ring substituents is 1. The third kappa shape index (κ3) is 2.82. The number of nitrogens with two attached hydrogens (primary N) is 2. The molecule has 19 heavy (non-hydrogen) atoms. The van der Waals surface area contributed by atoms with Crippen LogP contribution in [0.25, 0.3) is 0 Å². The highest BCUT2D eigenvalue weighted by Crippen LogP contribution is 2.30. The van der Waals surface area contributed by atoms with E-state index in [1.807, 2.05) is 0 Å². The predicted molar refractivity (Wildman–Crippen MR) is 70.9 cm³/mol. The van der Waals surface area contributed by atoms with E-state index in [1.54, 1.807) is 0 Å². The Balaban J connectivity index is 2.19. The second-order valence-electron chi connectivity index (χ2n) is 4.92. The van der Waals surface area contributed by atoms with Gasteiger partial charge in [-0.15, -0.1) is 0 Å². The fourth-order valence-electron chi connectivity index (χ4n) is 2.08. The van der Waals surface area contributed by atoms with Gasteiger partial charge in [0.1, 0.15) is 0 Å². The summed E-state index contributed by atoms with van der Waals surface area (Å²) in [6.45, 7) is 0.519. The van der Waals surface area contributed by atoms with Gasteiger partial charge in [-0.2, -0.15) is 0 Å². The monoisotopic (exact) mass is 264 g/mol. The Morgan fingerprint density at radius 2 is 2.16 bits per heavy atom. The van der Waals surface area contributed by atoms with Gasteiger partial charge in [0.25, 0.3) is 11.6 Å². The Bertz CT molecular complexity index is 526. The summed E-state index contributed by atoms with van der Waals surface area (Å²) in [6.07, 6.45) is 2.96. The number of nitrogens with zero attached hydrogens (tertiary/aromatic N) is 1. The first-order valence-corrected chi connectivity index (χ1v) is 6.02. The molecule has 1 aromatic carbocycles. The van der Waals surface area contributed by atoms with Gasteiger partial charge in [0, 0.05) is 29.9 Å². The van der Waals surface area contributed by atoms with E-state index in [9.17, 15) is 14.9 Å². The first-order chi connectivity index (χ1) is 8.91. The van der Waals surface area contributed by atoms with Crippen LogP contribution in [0.4, 0.5) is 11.4 Å². The standard InChI is InChI=1S/C12H16N4O3/c13-11(17)9-6-8(16(18)19)2-3-10(9)15-7-12(14)4-1-5-12/h2-3,6,15H,1,4-5,7,14H2,(H2,13,17). The van der Waals surface area contributed by atoms with Gasteiger partial charge in [0.15, 0.2) is 0 Å². The molecule has 0 bridgehead atoms. The van der Waals surface area contributed by atoms with Crippen LogP contribution in [0.15, 0.2) is 18.2 Å². The van der Waals surface area contributed by atoms with Crippen molar-refractivity contribution >= 4 is 17.3 Å². The topological polar surface area (TPSA) is 124 Å². The van der Waals surface area contributed by atoms with Crippen molar-refractivity contribution in [1.29, 1.82) is 0 Å². The highest BCUT2D eigenvalue weighted by Gasteiger charge is 2.32. The third-order valence-electron chi connectivity index (χ3n) is 3.46. The van der Waals surface area contributed by atoms with E-state index in [4.69, 9.17) is 11.5 Å². The molecule has 0 aromatic heterocycles. The number of benzene rings is 1. The molecule has 1 fully saturated rings. The number of carbonyl (C=O) groups is 1. The largest absolute Gasteiger partial charge is 0.383 e. The summed E-state index contributed by atoms with van der Waals surface area (Å²) < 4.78 is 0. The summed E-state index contributed by atoms with van der Waals surface area (Å²) in [5.41, 5.74) is 11.5. The van der Waals surface area contributed by atoms with Crippen molar-refractivity contribution in [3.05, 3.63) is 33.9 Å². The number of rotatable bonds is 5. The van der Waals surface area contributed by atoms with Crippen LogP contribution in [0.3, 0.4) is 0 Å². The van der Waals surface area contributed by atoms with Crippen molar-refractivity contribution in [2.75, 3.05) is 11.9 Å². The van der Waals surface area contributed by atoms with Crippen LogP contribution < -0.4 is 16.8 Å². The first kappa shape index (κ1) is 13.3. The fraction of sp³-hybridized carbons (Fsp3) is 0.417. The Hall–Kier alpha value is -2.15. The number of carbonyl (C=O) groups excluding carboxylic acids is 1. The van der Waals surface area contributed by atoms with Crippen molar-refractivity contribution in [2.24, 2.45) is 11.5 Å². The van der Waals surface area contributed by atoms with Crippen molar-refractivity contribution in [3.63, 3.8) is 0 Å². The minimum absolute atomic E-state index is 0.108. The molecule has 7 heteroatoms. The quantitative estimate of drug-likeness (QED) is 0.540. The average molecular weight is 264 g/mol. The number of nitrogens with one attached hydrogen (secondary N) is 1. The Morgan fingerprint density at radius 3 is 2.63 bits per heavy atom. The minimum Gasteiger partial charge on any atom is -0.383 e. The molecule has 0 radical (unpaired) electrons. The summed E-state index contributed by atoms with van der Waals surface area (Å²) in [7, 11) is 0. The molecular weight excluding hydrogens is 248 g/mol. The Labute approximate surface area is 110 Å². The van der Waals surface area contributed by atoms with Gasteiger partial charge in [0.05, 0.1) is 10.5 Å². The zero-order chi connectivity index (χ0) is 14.0. The van der Waals surface area contributed by atoms with Crippen LogP contribution in [0.2, 0.25) is 0 Å². The lowest BCUT2D eigenvalue weighted by Crippen LogP contribution is -2.52. The lowest BCUT2D eigenvalue weighted by Gasteiger charge is -2.38. The van der Waals surface area contributed by atoms with E-state index in [0.717, 1.165) is 19.3 Å². The lowest BCUT2D eigenvalue weighted by atomic mass is 9.77. The van der Waals surface area contributed by atoms with Gasteiger partial charge < -0.3 is 16.8 Å². The van der Waals surface area contributed by atoms with E-state index in [0.29, 0.717) is 12.2 Å². The van der Waals surface area contributed by atoms with E-state index in [-0.39, 0.29) is 16.8 Å². The maximum Gasteiger partial charge on any atom is 0.270 e. The van der Waals surface area contributed by atoms with Gasteiger partial charge in [-0.25, -0.2) is 0 Å². The number of amides is 1. The molecule has 1 aliphatic rings. The molecule has 0 unspecified atom stereocenters. The summed E-state index contributed by atoms with van der Waals surface area (Å²) in [5.74, 6) is -0.703. The van der Waals surface area contributed by atoms with Crippen LogP contribution in [-0.2, 0) is 0 Å². The predicted octanol–water partition coefficient (Wildman–Crippen LogP) is 0.987. The fourth-order valence-corrected chi connectivity index (χ4v) is 2.08. The Morgan fingerprint density at radius 1 is 1.47 bits per heavy atom. The summed E-state index contributed by atoms with van der Waals surface area (Å²) in [4.78, 5) is 21.4. The summed E-state index contributed by atoms with van der Waals surface area (Å²) in [5, 5.41) is 13.7. The molecule has 1 saturated carbocycles.